The topological polar surface area (TPSA) is 25.8 Å². The number of benzene rings is 1. The van der Waals surface area contributed by atoms with E-state index in [0.717, 1.165) is 31.2 Å². The number of aryl methyl sites for hydroxylation is 2. The summed E-state index contributed by atoms with van der Waals surface area (Å²) in [5.41, 5.74) is 2.84. The molecule has 0 aliphatic carbocycles. The van der Waals surface area contributed by atoms with Crippen LogP contribution in [0.4, 0.5) is 4.39 Å². The Kier molecular flexibility index (Phi) is 10.0. The van der Waals surface area contributed by atoms with E-state index in [1.54, 1.807) is 6.20 Å². The van der Waals surface area contributed by atoms with Crippen molar-refractivity contribution in [2.45, 2.75) is 90.9 Å². The lowest BCUT2D eigenvalue weighted by Crippen LogP contribution is -1.99. The molecule has 0 amide bonds. The summed E-state index contributed by atoms with van der Waals surface area (Å²) >= 11 is 0. The van der Waals surface area contributed by atoms with Gasteiger partial charge < -0.3 is 0 Å². The van der Waals surface area contributed by atoms with Gasteiger partial charge in [-0.3, -0.25) is 0 Å². The van der Waals surface area contributed by atoms with Crippen molar-refractivity contribution in [2.75, 3.05) is 0 Å². The van der Waals surface area contributed by atoms with Crippen molar-refractivity contribution in [2.24, 2.45) is 0 Å². The lowest BCUT2D eigenvalue weighted by Gasteiger charge is -2.06. The van der Waals surface area contributed by atoms with Gasteiger partial charge in [0.05, 0.1) is 0 Å². The first-order valence-corrected chi connectivity index (χ1v) is 10.8. The number of hydrogen-bond acceptors (Lipinski definition) is 2. The van der Waals surface area contributed by atoms with Gasteiger partial charge in [-0.25, -0.2) is 4.98 Å². The lowest BCUT2D eigenvalue weighted by molar-refractivity contribution is 0.544. The monoisotopic (exact) mass is 370 g/mol. The van der Waals surface area contributed by atoms with Crippen LogP contribution >= 0.6 is 0 Å². The Morgan fingerprint density at radius 1 is 0.741 bits per heavy atom. The van der Waals surface area contributed by atoms with Gasteiger partial charge in [-0.05, 0) is 31.2 Å². The molecule has 0 aliphatic rings. The van der Waals surface area contributed by atoms with Crippen molar-refractivity contribution in [3.05, 3.63) is 47.5 Å². The molecular formula is C24H35FN2. The van der Waals surface area contributed by atoms with E-state index in [9.17, 15) is 4.39 Å². The van der Waals surface area contributed by atoms with Gasteiger partial charge in [0.25, 0.3) is 0 Å². The number of aromatic nitrogens is 2. The average molecular weight is 371 g/mol. The van der Waals surface area contributed by atoms with E-state index >= 15 is 0 Å². The van der Waals surface area contributed by atoms with Crippen LogP contribution < -0.4 is 0 Å². The summed E-state index contributed by atoms with van der Waals surface area (Å²) in [6, 6.07) is 8.19. The molecule has 0 saturated carbocycles. The molecule has 3 heteroatoms. The van der Waals surface area contributed by atoms with Gasteiger partial charge in [-0.2, -0.15) is 9.37 Å². The van der Waals surface area contributed by atoms with Crippen LogP contribution in [-0.2, 0) is 12.8 Å². The number of unbranched alkanes of at least 4 members (excludes halogenated alkanes) is 8. The summed E-state index contributed by atoms with van der Waals surface area (Å²) in [7, 11) is 0. The molecule has 0 atom stereocenters. The van der Waals surface area contributed by atoms with Gasteiger partial charge in [-0.1, -0.05) is 89.5 Å². The van der Waals surface area contributed by atoms with Gasteiger partial charge in [0.1, 0.15) is 0 Å². The van der Waals surface area contributed by atoms with E-state index in [1.807, 2.05) is 12.1 Å². The van der Waals surface area contributed by atoms with Crippen LogP contribution in [0.25, 0.3) is 11.4 Å². The van der Waals surface area contributed by atoms with Crippen molar-refractivity contribution >= 4 is 0 Å². The third-order valence-corrected chi connectivity index (χ3v) is 5.14. The highest BCUT2D eigenvalue weighted by Gasteiger charge is 2.08. The number of rotatable bonds is 13. The fourth-order valence-corrected chi connectivity index (χ4v) is 3.34. The van der Waals surface area contributed by atoms with Crippen LogP contribution in [0.3, 0.4) is 0 Å². The van der Waals surface area contributed by atoms with Gasteiger partial charge in [0.15, 0.2) is 5.82 Å². The molecule has 0 bridgehead atoms. The minimum atomic E-state index is -0.363. The maximum Gasteiger partial charge on any atom is 0.219 e. The molecule has 2 nitrogen and oxygen atoms in total. The van der Waals surface area contributed by atoms with E-state index < -0.39 is 0 Å². The second-order valence-corrected chi connectivity index (χ2v) is 7.54. The molecule has 0 aliphatic heterocycles. The highest BCUT2D eigenvalue weighted by Crippen LogP contribution is 2.19. The zero-order chi connectivity index (χ0) is 19.3. The molecule has 2 aromatic rings. The molecule has 0 unspecified atom stereocenters. The summed E-state index contributed by atoms with van der Waals surface area (Å²) in [6.07, 6.45) is 15.9. The number of halogens is 1. The minimum absolute atomic E-state index is 0.363. The summed E-state index contributed by atoms with van der Waals surface area (Å²) < 4.78 is 14.3. The zero-order valence-electron chi connectivity index (χ0n) is 17.1. The molecule has 1 aromatic carbocycles. The maximum atomic E-state index is 14.3. The van der Waals surface area contributed by atoms with E-state index in [-0.39, 0.29) is 5.95 Å². The Bertz CT molecular complexity index is 652. The summed E-state index contributed by atoms with van der Waals surface area (Å²) in [6.45, 7) is 4.44. The highest BCUT2D eigenvalue weighted by atomic mass is 19.1. The first-order chi connectivity index (χ1) is 13.2. The fraction of sp³-hybridized carbons (Fsp3) is 0.583. The minimum Gasteiger partial charge on any atom is -0.236 e. The average Bonchev–Trinajstić information content (AvgIpc) is 2.70. The van der Waals surface area contributed by atoms with Crippen LogP contribution in [0, 0.1) is 5.95 Å². The molecule has 0 spiro atoms. The van der Waals surface area contributed by atoms with Crippen molar-refractivity contribution < 1.29 is 4.39 Å². The smallest absolute Gasteiger partial charge is 0.219 e. The second kappa shape index (κ2) is 12.6. The van der Waals surface area contributed by atoms with Crippen LogP contribution in [0.5, 0.6) is 0 Å². The van der Waals surface area contributed by atoms with Gasteiger partial charge in [0, 0.05) is 17.3 Å². The molecule has 1 heterocycles. The van der Waals surface area contributed by atoms with Gasteiger partial charge >= 0.3 is 0 Å². The predicted octanol–water partition coefficient (Wildman–Crippen LogP) is 7.31. The van der Waals surface area contributed by atoms with Crippen LogP contribution in [-0.4, -0.2) is 9.97 Å². The first-order valence-electron chi connectivity index (χ1n) is 10.8. The van der Waals surface area contributed by atoms with Crippen LogP contribution in [0.1, 0.15) is 89.2 Å². The zero-order valence-corrected chi connectivity index (χ0v) is 17.1. The van der Waals surface area contributed by atoms with Crippen molar-refractivity contribution in [1.82, 2.24) is 9.97 Å². The quantitative estimate of drug-likeness (QED) is 0.273. The Hall–Kier alpha value is -1.77. The SMILES string of the molecule is CCCCCCCCCCc1cnc(-c2ccc(CCCC)cc2)nc1F. The summed E-state index contributed by atoms with van der Waals surface area (Å²) in [5, 5.41) is 0. The standard InChI is InChI=1S/C24H35FN2/c1-3-5-7-8-9-10-11-12-14-22-19-26-24(27-23(22)25)21-17-15-20(16-18-21)13-6-4-2/h15-19H,3-14H2,1-2H3. The predicted molar refractivity (Wildman–Crippen MR) is 112 cm³/mol. The van der Waals surface area contributed by atoms with Crippen LogP contribution in [0.2, 0.25) is 0 Å². The third kappa shape index (κ3) is 7.78. The maximum absolute atomic E-state index is 14.3. The molecule has 148 valence electrons. The number of hydrogen-bond donors (Lipinski definition) is 0. The second-order valence-electron chi connectivity index (χ2n) is 7.54. The molecule has 2 rings (SSSR count). The molecule has 1 aromatic heterocycles. The van der Waals surface area contributed by atoms with E-state index in [2.05, 4.69) is 35.9 Å². The Labute approximate surface area is 164 Å². The van der Waals surface area contributed by atoms with E-state index in [1.165, 1.54) is 56.9 Å². The molecule has 0 fully saturated rings. The van der Waals surface area contributed by atoms with Crippen molar-refractivity contribution in [1.29, 1.82) is 0 Å². The normalized spacial score (nSPS) is 11.1. The lowest BCUT2D eigenvalue weighted by atomic mass is 10.0. The first kappa shape index (κ1) is 21.5. The molecule has 27 heavy (non-hydrogen) atoms. The summed E-state index contributed by atoms with van der Waals surface area (Å²) in [4.78, 5) is 8.51. The largest absolute Gasteiger partial charge is 0.236 e. The van der Waals surface area contributed by atoms with Gasteiger partial charge in [-0.15, -0.1) is 0 Å². The molecule has 0 radical (unpaired) electrons. The van der Waals surface area contributed by atoms with Crippen LogP contribution in [0.15, 0.2) is 30.5 Å². The van der Waals surface area contributed by atoms with Crippen molar-refractivity contribution in [3.63, 3.8) is 0 Å². The van der Waals surface area contributed by atoms with E-state index in [0.29, 0.717) is 11.4 Å². The van der Waals surface area contributed by atoms with Gasteiger partial charge in [0.2, 0.25) is 5.95 Å². The Morgan fingerprint density at radius 3 is 2.00 bits per heavy atom. The third-order valence-electron chi connectivity index (χ3n) is 5.14. The fourth-order valence-electron chi connectivity index (χ4n) is 3.34. The highest BCUT2D eigenvalue weighted by molar-refractivity contribution is 5.55. The molecule has 0 N–H and O–H groups in total. The Morgan fingerprint density at radius 2 is 1.37 bits per heavy atom. The molecule has 0 saturated heterocycles. The summed E-state index contributed by atoms with van der Waals surface area (Å²) in [5.74, 6) is 0.118. The van der Waals surface area contributed by atoms with E-state index in [4.69, 9.17) is 0 Å². The van der Waals surface area contributed by atoms with Crippen molar-refractivity contribution in [3.8, 4) is 11.4 Å². The number of nitrogens with zero attached hydrogens (tertiary/aromatic N) is 2. The Balaban J connectivity index is 1.79. The molecular weight excluding hydrogens is 335 g/mol.